The quantitative estimate of drug-likeness (QED) is 0.258. The summed E-state index contributed by atoms with van der Waals surface area (Å²) < 4.78 is 128. The summed E-state index contributed by atoms with van der Waals surface area (Å²) in [4.78, 5) is 0. The first-order valence-corrected chi connectivity index (χ1v) is 14.2. The van der Waals surface area contributed by atoms with Gasteiger partial charge in [-0.2, -0.15) is 33.7 Å². The van der Waals surface area contributed by atoms with E-state index in [1.807, 2.05) is 0 Å². The van der Waals surface area contributed by atoms with Gasteiger partial charge < -0.3 is 0 Å². The lowest BCUT2D eigenvalue weighted by Gasteiger charge is -2.23. The highest BCUT2D eigenvalue weighted by Gasteiger charge is 2.40. The molecule has 0 aliphatic heterocycles. The predicted octanol–water partition coefficient (Wildman–Crippen LogP) is 0.392. The first kappa shape index (κ1) is 27.6. The van der Waals surface area contributed by atoms with Crippen molar-refractivity contribution in [2.24, 2.45) is 0 Å². The molecule has 4 N–H and O–H groups in total. The number of rotatable bonds is 13. The second-order valence-electron chi connectivity index (χ2n) is 6.49. The van der Waals surface area contributed by atoms with E-state index in [9.17, 15) is 42.8 Å². The molecule has 0 saturated carbocycles. The lowest BCUT2D eigenvalue weighted by Crippen LogP contribution is -2.40. The standard InChI is InChI=1S/C12H26O12S4/c1-3-10(26(16,17)18)5-4-6-11(27(19,20)21)12(28(22,23)24)8-7-9(2)25(13,14)15/h9-12H,3-8H2,1-2H3,(H,13,14,15)(H,16,17,18)(H,19,20,21)(H,22,23,24)/t9-,10+,11+,12+/m1/s1. The van der Waals surface area contributed by atoms with Gasteiger partial charge in [-0.1, -0.05) is 13.3 Å². The Bertz CT molecular complexity index is 917. The van der Waals surface area contributed by atoms with Crippen molar-refractivity contribution < 1.29 is 51.9 Å². The Hall–Kier alpha value is -0.360. The molecule has 0 rings (SSSR count). The van der Waals surface area contributed by atoms with Gasteiger partial charge in [0, 0.05) is 0 Å². The molecule has 0 aromatic heterocycles. The van der Waals surface area contributed by atoms with Crippen molar-refractivity contribution in [1.82, 2.24) is 0 Å². The molecule has 0 amide bonds. The summed E-state index contributed by atoms with van der Waals surface area (Å²) >= 11 is 0. The van der Waals surface area contributed by atoms with Crippen LogP contribution in [0.4, 0.5) is 0 Å². The summed E-state index contributed by atoms with van der Waals surface area (Å²) in [6.45, 7) is 2.49. The Morgan fingerprint density at radius 3 is 1.36 bits per heavy atom. The topological polar surface area (TPSA) is 217 Å². The van der Waals surface area contributed by atoms with Crippen LogP contribution in [0.15, 0.2) is 0 Å². The van der Waals surface area contributed by atoms with Crippen molar-refractivity contribution in [1.29, 1.82) is 0 Å². The minimum atomic E-state index is -5.06. The fourth-order valence-electron chi connectivity index (χ4n) is 2.71. The maximum Gasteiger partial charge on any atom is 0.269 e. The molecule has 0 aliphatic carbocycles. The van der Waals surface area contributed by atoms with Gasteiger partial charge >= 0.3 is 0 Å². The predicted molar refractivity (Wildman–Crippen MR) is 100 cm³/mol. The van der Waals surface area contributed by atoms with Crippen LogP contribution in [-0.2, 0) is 40.5 Å². The van der Waals surface area contributed by atoms with Gasteiger partial charge in [-0.05, 0) is 39.0 Å². The SMILES string of the molecule is CC[C@@H](CCC[C@@H]([C@H](CC[C@@H](C)S(=O)(=O)O)S(=O)(=O)O)S(=O)(=O)O)S(=O)(=O)O. The van der Waals surface area contributed by atoms with E-state index < -0.39 is 80.7 Å². The summed E-state index contributed by atoms with van der Waals surface area (Å²) in [5, 5.41) is -6.84. The fraction of sp³-hybridized carbons (Fsp3) is 1.00. The second-order valence-corrected chi connectivity index (χ2v) is 13.3. The molecule has 170 valence electrons. The molecule has 0 spiro atoms. The Labute approximate surface area is 165 Å². The van der Waals surface area contributed by atoms with E-state index in [4.69, 9.17) is 9.11 Å². The minimum Gasteiger partial charge on any atom is -0.285 e. The van der Waals surface area contributed by atoms with Gasteiger partial charge in [-0.15, -0.1) is 0 Å². The molecule has 12 nitrogen and oxygen atoms in total. The highest BCUT2D eigenvalue weighted by atomic mass is 32.2. The van der Waals surface area contributed by atoms with Crippen molar-refractivity contribution in [2.45, 2.75) is 73.4 Å². The molecular weight excluding hydrogens is 464 g/mol. The van der Waals surface area contributed by atoms with E-state index in [0.717, 1.165) is 6.92 Å². The summed E-state index contributed by atoms with van der Waals surface area (Å²) in [5.74, 6) is 0. The van der Waals surface area contributed by atoms with Gasteiger partial charge in [-0.3, -0.25) is 18.2 Å². The third-order valence-corrected chi connectivity index (χ3v) is 9.93. The average Bonchev–Trinajstić information content (AvgIpc) is 2.44. The molecule has 0 saturated heterocycles. The maximum atomic E-state index is 11.6. The van der Waals surface area contributed by atoms with Crippen LogP contribution in [0.25, 0.3) is 0 Å². The van der Waals surface area contributed by atoms with Gasteiger partial charge in [0.2, 0.25) is 0 Å². The van der Waals surface area contributed by atoms with Crippen LogP contribution in [0, 0.1) is 0 Å². The Morgan fingerprint density at radius 2 is 1.04 bits per heavy atom. The summed E-state index contributed by atoms with van der Waals surface area (Å²) in [6.07, 6.45) is -2.28. The average molecular weight is 491 g/mol. The Kier molecular flexibility index (Phi) is 9.97. The van der Waals surface area contributed by atoms with E-state index >= 15 is 0 Å². The fourth-order valence-corrected chi connectivity index (χ4v) is 6.81. The number of hydrogen-bond donors (Lipinski definition) is 4. The van der Waals surface area contributed by atoms with Crippen LogP contribution >= 0.6 is 0 Å². The molecular formula is C12H26O12S4. The first-order valence-electron chi connectivity index (χ1n) is 8.17. The molecule has 0 unspecified atom stereocenters. The third kappa shape index (κ3) is 9.43. The van der Waals surface area contributed by atoms with Crippen LogP contribution < -0.4 is 0 Å². The van der Waals surface area contributed by atoms with Crippen LogP contribution in [0.3, 0.4) is 0 Å². The Morgan fingerprint density at radius 1 is 0.607 bits per heavy atom. The molecule has 0 radical (unpaired) electrons. The molecule has 0 bridgehead atoms. The zero-order chi connectivity index (χ0) is 22.6. The van der Waals surface area contributed by atoms with Crippen LogP contribution in [0.1, 0.15) is 52.4 Å². The molecule has 0 aromatic carbocycles. The first-order chi connectivity index (χ1) is 12.3. The highest BCUT2D eigenvalue weighted by Crippen LogP contribution is 2.25. The summed E-state index contributed by atoms with van der Waals surface area (Å²) in [7, 11) is -19.0. The maximum absolute atomic E-state index is 11.6. The lowest BCUT2D eigenvalue weighted by atomic mass is 10.1. The van der Waals surface area contributed by atoms with Crippen LogP contribution in [0.5, 0.6) is 0 Å². The van der Waals surface area contributed by atoms with Crippen molar-refractivity contribution in [2.75, 3.05) is 0 Å². The van der Waals surface area contributed by atoms with E-state index in [0.29, 0.717) is 0 Å². The van der Waals surface area contributed by atoms with Gasteiger partial charge in [0.25, 0.3) is 40.5 Å². The zero-order valence-electron chi connectivity index (χ0n) is 15.2. The summed E-state index contributed by atoms with van der Waals surface area (Å²) in [6, 6.07) is 0. The zero-order valence-corrected chi connectivity index (χ0v) is 18.5. The van der Waals surface area contributed by atoms with Crippen LogP contribution in [-0.4, -0.2) is 72.9 Å². The summed E-state index contributed by atoms with van der Waals surface area (Å²) in [5.41, 5.74) is 0. The molecule has 4 atom stereocenters. The van der Waals surface area contributed by atoms with E-state index in [2.05, 4.69) is 0 Å². The monoisotopic (exact) mass is 490 g/mol. The van der Waals surface area contributed by atoms with E-state index in [1.54, 1.807) is 0 Å². The van der Waals surface area contributed by atoms with Crippen molar-refractivity contribution >= 4 is 40.5 Å². The number of hydrogen-bond acceptors (Lipinski definition) is 8. The molecule has 0 heterocycles. The lowest BCUT2D eigenvalue weighted by molar-refractivity contribution is 0.413. The molecule has 0 aromatic rings. The van der Waals surface area contributed by atoms with Crippen LogP contribution in [0.2, 0.25) is 0 Å². The smallest absolute Gasteiger partial charge is 0.269 e. The van der Waals surface area contributed by atoms with Crippen molar-refractivity contribution in [3.8, 4) is 0 Å². The second kappa shape index (κ2) is 10.1. The third-order valence-electron chi connectivity index (χ3n) is 4.44. The van der Waals surface area contributed by atoms with Crippen molar-refractivity contribution in [3.63, 3.8) is 0 Å². The largest absolute Gasteiger partial charge is 0.285 e. The minimum absolute atomic E-state index is 0.00295. The van der Waals surface area contributed by atoms with Crippen molar-refractivity contribution in [3.05, 3.63) is 0 Å². The van der Waals surface area contributed by atoms with Gasteiger partial charge in [0.1, 0.15) is 10.5 Å². The normalized spacial score (nSPS) is 18.4. The van der Waals surface area contributed by atoms with Gasteiger partial charge in [0.15, 0.2) is 0 Å². The Balaban J connectivity index is 5.55. The molecule has 16 heteroatoms. The van der Waals surface area contributed by atoms with Gasteiger partial charge in [-0.25, -0.2) is 0 Å². The van der Waals surface area contributed by atoms with Gasteiger partial charge in [0.05, 0.1) is 10.5 Å². The molecule has 0 fully saturated rings. The molecule has 0 aliphatic rings. The van der Waals surface area contributed by atoms with E-state index in [-0.39, 0.29) is 19.3 Å². The highest BCUT2D eigenvalue weighted by molar-refractivity contribution is 7.90. The molecule has 28 heavy (non-hydrogen) atoms. The van der Waals surface area contributed by atoms with E-state index in [1.165, 1.54) is 6.92 Å².